The molecule has 0 aliphatic carbocycles. The fourth-order valence-electron chi connectivity index (χ4n) is 2.63. The number of piperidine rings is 1. The fourth-order valence-corrected chi connectivity index (χ4v) is 2.63. The normalized spacial score (nSPS) is 34.4. The summed E-state index contributed by atoms with van der Waals surface area (Å²) < 4.78 is 5.43. The van der Waals surface area contributed by atoms with Crippen LogP contribution in [0, 0.1) is 5.41 Å². The molecule has 0 bridgehead atoms. The highest BCUT2D eigenvalue weighted by Gasteiger charge is 2.36. The predicted molar refractivity (Wildman–Crippen MR) is 53.8 cm³/mol. The van der Waals surface area contributed by atoms with Crippen molar-refractivity contribution < 1.29 is 4.74 Å². The van der Waals surface area contributed by atoms with Crippen LogP contribution in [0.2, 0.25) is 0 Å². The first kappa shape index (κ1) is 9.47. The van der Waals surface area contributed by atoms with Gasteiger partial charge in [-0.3, -0.25) is 0 Å². The Morgan fingerprint density at radius 1 is 1.23 bits per heavy atom. The maximum Gasteiger partial charge on any atom is 0.0471 e. The van der Waals surface area contributed by atoms with Gasteiger partial charge in [0.15, 0.2) is 0 Å². The second kappa shape index (κ2) is 3.97. The molecule has 2 heteroatoms. The van der Waals surface area contributed by atoms with Crippen molar-refractivity contribution in [3.63, 3.8) is 0 Å². The number of hydrogen-bond donors (Lipinski definition) is 1. The fraction of sp³-hybridized carbons (Fsp3) is 1.00. The zero-order valence-electron chi connectivity index (χ0n) is 8.64. The Hall–Kier alpha value is -0.0800. The Balaban J connectivity index is 1.94. The molecule has 0 amide bonds. The summed E-state index contributed by atoms with van der Waals surface area (Å²) in [5.41, 5.74) is 0.513. The molecule has 2 nitrogen and oxygen atoms in total. The summed E-state index contributed by atoms with van der Waals surface area (Å²) in [6.07, 6.45) is 6.63. The smallest absolute Gasteiger partial charge is 0.0471 e. The third-order valence-electron chi connectivity index (χ3n) is 3.79. The number of ether oxygens (including phenoxy) is 1. The van der Waals surface area contributed by atoms with Gasteiger partial charge in [-0.2, -0.15) is 0 Å². The predicted octanol–water partition coefficient (Wildman–Crippen LogP) is 1.95. The Morgan fingerprint density at radius 3 is 2.62 bits per heavy atom. The van der Waals surface area contributed by atoms with Gasteiger partial charge < -0.3 is 10.1 Å². The van der Waals surface area contributed by atoms with Gasteiger partial charge in [-0.1, -0.05) is 13.3 Å². The Morgan fingerprint density at radius 2 is 2.00 bits per heavy atom. The molecule has 0 aromatic carbocycles. The van der Waals surface area contributed by atoms with Crippen LogP contribution in [0.25, 0.3) is 0 Å². The summed E-state index contributed by atoms with van der Waals surface area (Å²) in [4.78, 5) is 0. The molecule has 0 radical (unpaired) electrons. The van der Waals surface area contributed by atoms with Crippen LogP contribution in [0.3, 0.4) is 0 Å². The van der Waals surface area contributed by atoms with Crippen LogP contribution >= 0.6 is 0 Å². The zero-order valence-corrected chi connectivity index (χ0v) is 8.64. The topological polar surface area (TPSA) is 21.3 Å². The first-order valence-electron chi connectivity index (χ1n) is 5.62. The van der Waals surface area contributed by atoms with Gasteiger partial charge in [-0.25, -0.2) is 0 Å². The minimum atomic E-state index is 0.513. The molecule has 2 aliphatic heterocycles. The maximum atomic E-state index is 5.43. The molecule has 2 aliphatic rings. The average Bonchev–Trinajstić information content (AvgIpc) is 2.20. The molecule has 2 fully saturated rings. The van der Waals surface area contributed by atoms with E-state index >= 15 is 0 Å². The molecule has 1 N–H and O–H groups in total. The first-order valence-corrected chi connectivity index (χ1v) is 5.62. The van der Waals surface area contributed by atoms with Gasteiger partial charge in [0.25, 0.3) is 0 Å². The van der Waals surface area contributed by atoms with E-state index < -0.39 is 0 Å². The third kappa shape index (κ3) is 2.05. The van der Waals surface area contributed by atoms with Crippen molar-refractivity contribution >= 4 is 0 Å². The molecule has 2 heterocycles. The molecule has 1 atom stereocenters. The molecule has 76 valence electrons. The van der Waals surface area contributed by atoms with Crippen molar-refractivity contribution in [1.82, 2.24) is 5.32 Å². The highest BCUT2D eigenvalue weighted by atomic mass is 16.5. The van der Waals surface area contributed by atoms with E-state index in [0.717, 1.165) is 19.3 Å². The minimum absolute atomic E-state index is 0.513. The van der Waals surface area contributed by atoms with Crippen LogP contribution in [0.15, 0.2) is 0 Å². The quantitative estimate of drug-likeness (QED) is 0.671. The molecule has 0 saturated carbocycles. The summed E-state index contributed by atoms with van der Waals surface area (Å²) in [5.74, 6) is 0. The Bertz CT molecular complexity index is 157. The summed E-state index contributed by atoms with van der Waals surface area (Å²) >= 11 is 0. The second-order valence-electron chi connectivity index (χ2n) is 4.77. The van der Waals surface area contributed by atoms with Gasteiger partial charge in [0, 0.05) is 19.3 Å². The van der Waals surface area contributed by atoms with E-state index in [1.807, 2.05) is 0 Å². The highest BCUT2D eigenvalue weighted by Crippen LogP contribution is 2.36. The molecule has 0 aromatic heterocycles. The van der Waals surface area contributed by atoms with Crippen molar-refractivity contribution in [3.8, 4) is 0 Å². The molecule has 0 aromatic rings. The van der Waals surface area contributed by atoms with Gasteiger partial charge in [0.2, 0.25) is 0 Å². The van der Waals surface area contributed by atoms with E-state index in [1.165, 1.54) is 38.6 Å². The monoisotopic (exact) mass is 183 g/mol. The third-order valence-corrected chi connectivity index (χ3v) is 3.79. The maximum absolute atomic E-state index is 5.43. The largest absolute Gasteiger partial charge is 0.381 e. The Kier molecular flexibility index (Phi) is 2.89. The van der Waals surface area contributed by atoms with Gasteiger partial charge in [-0.05, 0) is 37.6 Å². The average molecular weight is 183 g/mol. The van der Waals surface area contributed by atoms with Crippen LogP contribution < -0.4 is 5.32 Å². The van der Waals surface area contributed by atoms with E-state index in [0.29, 0.717) is 5.41 Å². The Labute approximate surface area is 81.0 Å². The number of nitrogens with one attached hydrogen (secondary N) is 1. The second-order valence-corrected chi connectivity index (χ2v) is 4.77. The standard InChI is InChI=1S/C11H21NO/c1-11(5-8-13-9-6-11)10-4-2-3-7-12-10/h10,12H,2-9H2,1H3. The molecular formula is C11H21NO. The van der Waals surface area contributed by atoms with Gasteiger partial charge in [-0.15, -0.1) is 0 Å². The SMILES string of the molecule is CC1(C2CCCCN2)CCOCC1. The molecule has 2 saturated heterocycles. The van der Waals surface area contributed by atoms with Crippen molar-refractivity contribution in [2.24, 2.45) is 5.41 Å². The number of rotatable bonds is 1. The van der Waals surface area contributed by atoms with Gasteiger partial charge in [0.1, 0.15) is 0 Å². The molecular weight excluding hydrogens is 162 g/mol. The molecule has 13 heavy (non-hydrogen) atoms. The lowest BCUT2D eigenvalue weighted by Crippen LogP contribution is -2.48. The summed E-state index contributed by atoms with van der Waals surface area (Å²) in [6, 6.07) is 0.755. The van der Waals surface area contributed by atoms with Crippen LogP contribution in [-0.4, -0.2) is 25.8 Å². The van der Waals surface area contributed by atoms with E-state index in [-0.39, 0.29) is 0 Å². The van der Waals surface area contributed by atoms with Crippen molar-refractivity contribution in [2.75, 3.05) is 19.8 Å². The first-order chi connectivity index (χ1) is 6.31. The highest BCUT2D eigenvalue weighted by molar-refractivity contribution is 4.90. The summed E-state index contributed by atoms with van der Waals surface area (Å²) in [5, 5.41) is 3.67. The lowest BCUT2D eigenvalue weighted by Gasteiger charge is -2.43. The lowest BCUT2D eigenvalue weighted by atomic mass is 9.73. The van der Waals surface area contributed by atoms with Crippen LogP contribution in [0.1, 0.15) is 39.0 Å². The lowest BCUT2D eigenvalue weighted by molar-refractivity contribution is -0.00100. The molecule has 1 unspecified atom stereocenters. The van der Waals surface area contributed by atoms with Crippen molar-refractivity contribution in [1.29, 1.82) is 0 Å². The van der Waals surface area contributed by atoms with Crippen LogP contribution in [-0.2, 0) is 4.74 Å². The van der Waals surface area contributed by atoms with Crippen molar-refractivity contribution in [3.05, 3.63) is 0 Å². The van der Waals surface area contributed by atoms with E-state index in [4.69, 9.17) is 4.74 Å². The van der Waals surface area contributed by atoms with E-state index in [9.17, 15) is 0 Å². The molecule has 0 spiro atoms. The summed E-state index contributed by atoms with van der Waals surface area (Å²) in [7, 11) is 0. The zero-order chi connectivity index (χ0) is 9.15. The van der Waals surface area contributed by atoms with E-state index in [2.05, 4.69) is 12.2 Å². The van der Waals surface area contributed by atoms with Gasteiger partial charge >= 0.3 is 0 Å². The molecule has 2 rings (SSSR count). The van der Waals surface area contributed by atoms with Crippen LogP contribution in [0.4, 0.5) is 0 Å². The van der Waals surface area contributed by atoms with Crippen molar-refractivity contribution in [2.45, 2.75) is 45.1 Å². The number of hydrogen-bond acceptors (Lipinski definition) is 2. The van der Waals surface area contributed by atoms with E-state index in [1.54, 1.807) is 0 Å². The minimum Gasteiger partial charge on any atom is -0.381 e. The van der Waals surface area contributed by atoms with Crippen LogP contribution in [0.5, 0.6) is 0 Å². The summed E-state index contributed by atoms with van der Waals surface area (Å²) in [6.45, 7) is 5.59. The van der Waals surface area contributed by atoms with Gasteiger partial charge in [0.05, 0.1) is 0 Å².